The highest BCUT2D eigenvalue weighted by Gasteiger charge is 2.16. The van der Waals surface area contributed by atoms with E-state index >= 15 is 0 Å². The minimum atomic E-state index is -3.35. The molecule has 0 aliphatic carbocycles. The maximum absolute atomic E-state index is 12.1. The van der Waals surface area contributed by atoms with Crippen molar-refractivity contribution >= 4 is 15.8 Å². The first-order valence-electron chi connectivity index (χ1n) is 6.19. The lowest BCUT2D eigenvalue weighted by atomic mass is 10.2. The topological polar surface area (TPSA) is 74.7 Å². The van der Waals surface area contributed by atoms with Gasteiger partial charge in [0.1, 0.15) is 0 Å². The second kappa shape index (κ2) is 6.68. The highest BCUT2D eigenvalue weighted by molar-refractivity contribution is 7.91. The Kier molecular flexibility index (Phi) is 5.50. The minimum Gasteiger partial charge on any atom is -0.478 e. The summed E-state index contributed by atoms with van der Waals surface area (Å²) in [7, 11) is -3.35. The second-order valence-corrected chi connectivity index (χ2v) is 6.28. The molecule has 1 aromatic rings. The van der Waals surface area contributed by atoms with Crippen LogP contribution in [0.5, 0.6) is 0 Å². The molecule has 0 aliphatic rings. The Balaban J connectivity index is 2.80. The molecule has 0 saturated carbocycles. The van der Waals surface area contributed by atoms with Gasteiger partial charge in [-0.05, 0) is 37.4 Å². The van der Waals surface area contributed by atoms with Gasteiger partial charge in [0.25, 0.3) is 0 Å². The Morgan fingerprint density at radius 3 is 2.11 bits per heavy atom. The van der Waals surface area contributed by atoms with Crippen LogP contribution in [0.3, 0.4) is 0 Å². The first-order valence-corrected chi connectivity index (χ1v) is 7.84. The molecule has 0 aromatic heterocycles. The molecule has 1 N–H and O–H groups in total. The van der Waals surface area contributed by atoms with Crippen molar-refractivity contribution in [3.8, 4) is 0 Å². The molecule has 0 aliphatic heterocycles. The number of sulfone groups is 1. The van der Waals surface area contributed by atoms with Crippen LogP contribution in [-0.4, -0.2) is 49.8 Å². The summed E-state index contributed by atoms with van der Waals surface area (Å²) in [5.41, 5.74) is 0.0858. The largest absolute Gasteiger partial charge is 0.478 e. The van der Waals surface area contributed by atoms with Crippen molar-refractivity contribution in [1.29, 1.82) is 0 Å². The van der Waals surface area contributed by atoms with Crippen LogP contribution in [0.2, 0.25) is 0 Å². The van der Waals surface area contributed by atoms with Gasteiger partial charge >= 0.3 is 5.97 Å². The molecule has 0 atom stereocenters. The average Bonchev–Trinajstić information content (AvgIpc) is 2.40. The molecule has 0 bridgehead atoms. The first kappa shape index (κ1) is 15.7. The number of rotatable bonds is 7. The third-order valence-electron chi connectivity index (χ3n) is 3.03. The molecule has 0 radical (unpaired) electrons. The van der Waals surface area contributed by atoms with Gasteiger partial charge in [-0.15, -0.1) is 0 Å². The molecule has 0 saturated heterocycles. The summed E-state index contributed by atoms with van der Waals surface area (Å²) in [6.07, 6.45) is 0. The van der Waals surface area contributed by atoms with Crippen molar-refractivity contribution < 1.29 is 18.3 Å². The lowest BCUT2D eigenvalue weighted by Gasteiger charge is -2.17. The van der Waals surface area contributed by atoms with Gasteiger partial charge in [-0.3, -0.25) is 0 Å². The molecule has 0 fully saturated rings. The van der Waals surface area contributed by atoms with E-state index in [0.717, 1.165) is 13.1 Å². The normalized spacial score (nSPS) is 11.7. The van der Waals surface area contributed by atoms with Crippen LogP contribution in [0.25, 0.3) is 0 Å². The molecular formula is C13H19NO4S. The third kappa shape index (κ3) is 4.33. The van der Waals surface area contributed by atoms with Crippen molar-refractivity contribution in [2.75, 3.05) is 25.4 Å². The van der Waals surface area contributed by atoms with Gasteiger partial charge in [-0.2, -0.15) is 0 Å². The predicted molar refractivity (Wildman–Crippen MR) is 73.2 cm³/mol. The molecule has 0 unspecified atom stereocenters. The lowest BCUT2D eigenvalue weighted by Crippen LogP contribution is -2.29. The van der Waals surface area contributed by atoms with E-state index in [0.29, 0.717) is 6.54 Å². The summed E-state index contributed by atoms with van der Waals surface area (Å²) in [5, 5.41) is 8.76. The molecular weight excluding hydrogens is 266 g/mol. The van der Waals surface area contributed by atoms with Gasteiger partial charge in [0.2, 0.25) is 0 Å². The minimum absolute atomic E-state index is 0.0428. The molecule has 0 amide bonds. The summed E-state index contributed by atoms with van der Waals surface area (Å²) in [4.78, 5) is 12.9. The molecule has 106 valence electrons. The van der Waals surface area contributed by atoms with E-state index in [1.807, 2.05) is 18.7 Å². The van der Waals surface area contributed by atoms with Gasteiger partial charge in [-0.25, -0.2) is 13.2 Å². The molecule has 0 heterocycles. The van der Waals surface area contributed by atoms with Gasteiger partial charge in [0.15, 0.2) is 9.84 Å². The Bertz CT molecular complexity index is 518. The lowest BCUT2D eigenvalue weighted by molar-refractivity contribution is 0.0696. The maximum Gasteiger partial charge on any atom is 0.335 e. The Labute approximate surface area is 113 Å². The number of aromatic carboxylic acids is 1. The fourth-order valence-corrected chi connectivity index (χ4v) is 3.00. The zero-order valence-electron chi connectivity index (χ0n) is 11.2. The fraction of sp³-hybridized carbons (Fsp3) is 0.462. The van der Waals surface area contributed by atoms with Crippen LogP contribution in [0.1, 0.15) is 24.2 Å². The average molecular weight is 285 g/mol. The number of hydrogen-bond donors (Lipinski definition) is 1. The zero-order chi connectivity index (χ0) is 14.5. The van der Waals surface area contributed by atoms with Gasteiger partial charge in [-0.1, -0.05) is 13.8 Å². The first-order chi connectivity index (χ1) is 8.90. The number of benzene rings is 1. The van der Waals surface area contributed by atoms with E-state index in [4.69, 9.17) is 5.11 Å². The van der Waals surface area contributed by atoms with Crippen LogP contribution in [0, 0.1) is 0 Å². The number of nitrogens with zero attached hydrogens (tertiary/aromatic N) is 1. The summed E-state index contributed by atoms with van der Waals surface area (Å²) in [6, 6.07) is 5.32. The van der Waals surface area contributed by atoms with Gasteiger partial charge in [0.05, 0.1) is 16.2 Å². The van der Waals surface area contributed by atoms with E-state index < -0.39 is 15.8 Å². The zero-order valence-corrected chi connectivity index (χ0v) is 12.0. The standard InChI is InChI=1S/C13H19NO4S/c1-3-14(4-2)9-10-19(17,18)12-7-5-11(6-8-12)13(15)16/h5-8H,3-4,9-10H2,1-2H3,(H,15,16). The molecule has 1 aromatic carbocycles. The van der Waals surface area contributed by atoms with Crippen LogP contribution < -0.4 is 0 Å². The van der Waals surface area contributed by atoms with Crippen molar-refractivity contribution in [2.45, 2.75) is 18.7 Å². The van der Waals surface area contributed by atoms with Crippen molar-refractivity contribution in [3.63, 3.8) is 0 Å². The van der Waals surface area contributed by atoms with Crippen LogP contribution in [-0.2, 0) is 9.84 Å². The number of hydrogen-bond acceptors (Lipinski definition) is 4. The van der Waals surface area contributed by atoms with Gasteiger partial charge < -0.3 is 10.0 Å². The number of carbonyl (C=O) groups is 1. The highest BCUT2D eigenvalue weighted by Crippen LogP contribution is 2.13. The van der Waals surface area contributed by atoms with Crippen LogP contribution in [0.4, 0.5) is 0 Å². The van der Waals surface area contributed by atoms with Crippen molar-refractivity contribution in [2.24, 2.45) is 0 Å². The highest BCUT2D eigenvalue weighted by atomic mass is 32.2. The summed E-state index contributed by atoms with van der Waals surface area (Å²) in [5.74, 6) is -1.02. The molecule has 19 heavy (non-hydrogen) atoms. The van der Waals surface area contributed by atoms with Crippen LogP contribution >= 0.6 is 0 Å². The van der Waals surface area contributed by atoms with Crippen molar-refractivity contribution in [1.82, 2.24) is 4.90 Å². The monoisotopic (exact) mass is 285 g/mol. The molecule has 0 spiro atoms. The van der Waals surface area contributed by atoms with Gasteiger partial charge in [0, 0.05) is 6.54 Å². The predicted octanol–water partition coefficient (Wildman–Crippen LogP) is 1.50. The Morgan fingerprint density at radius 2 is 1.68 bits per heavy atom. The Morgan fingerprint density at radius 1 is 1.16 bits per heavy atom. The Hall–Kier alpha value is -1.40. The number of carboxylic acid groups (broad SMARTS) is 1. The third-order valence-corrected chi connectivity index (χ3v) is 4.74. The van der Waals surface area contributed by atoms with Crippen molar-refractivity contribution in [3.05, 3.63) is 29.8 Å². The molecule has 1 rings (SSSR count). The van der Waals surface area contributed by atoms with E-state index in [1.165, 1.54) is 24.3 Å². The quantitative estimate of drug-likeness (QED) is 0.821. The fourth-order valence-electron chi connectivity index (χ4n) is 1.71. The molecule has 6 heteroatoms. The summed E-state index contributed by atoms with van der Waals surface area (Å²) in [6.45, 7) is 6.07. The van der Waals surface area contributed by atoms with E-state index in [1.54, 1.807) is 0 Å². The smallest absolute Gasteiger partial charge is 0.335 e. The van der Waals surface area contributed by atoms with E-state index in [2.05, 4.69) is 0 Å². The SMILES string of the molecule is CCN(CC)CCS(=O)(=O)c1ccc(C(=O)O)cc1. The molecule has 5 nitrogen and oxygen atoms in total. The van der Waals surface area contributed by atoms with E-state index in [-0.39, 0.29) is 16.2 Å². The summed E-state index contributed by atoms with van der Waals surface area (Å²) < 4.78 is 24.2. The summed E-state index contributed by atoms with van der Waals surface area (Å²) >= 11 is 0. The van der Waals surface area contributed by atoms with E-state index in [9.17, 15) is 13.2 Å². The number of carboxylic acids is 1. The van der Waals surface area contributed by atoms with Crippen LogP contribution in [0.15, 0.2) is 29.2 Å². The maximum atomic E-state index is 12.1. The second-order valence-electron chi connectivity index (χ2n) is 4.18.